The molecule has 0 atom stereocenters. The summed E-state index contributed by atoms with van der Waals surface area (Å²) in [7, 11) is 0. The van der Waals surface area contributed by atoms with Gasteiger partial charge in [0.2, 0.25) is 0 Å². The van der Waals surface area contributed by atoms with E-state index in [1.165, 1.54) is 18.3 Å². The van der Waals surface area contributed by atoms with Crippen LogP contribution in [0.2, 0.25) is 0 Å². The van der Waals surface area contributed by atoms with E-state index in [9.17, 15) is 14.9 Å². The SMILES string of the molecule is Nc1ccc(C(=O)NCc2ccccc2[N+](=O)[O-])nc1. The zero-order valence-electron chi connectivity index (χ0n) is 10.4. The average Bonchev–Trinajstić information content (AvgIpc) is 2.45. The normalized spacial score (nSPS) is 10.0. The van der Waals surface area contributed by atoms with Gasteiger partial charge in [0.05, 0.1) is 16.8 Å². The Morgan fingerprint density at radius 1 is 1.30 bits per heavy atom. The van der Waals surface area contributed by atoms with E-state index in [4.69, 9.17) is 5.73 Å². The minimum absolute atomic E-state index is 0.0296. The number of aromatic nitrogens is 1. The molecular formula is C13H12N4O3. The summed E-state index contributed by atoms with van der Waals surface area (Å²) in [6, 6.07) is 9.29. The van der Waals surface area contributed by atoms with Crippen molar-refractivity contribution in [1.29, 1.82) is 0 Å². The molecule has 1 aromatic heterocycles. The zero-order chi connectivity index (χ0) is 14.5. The maximum Gasteiger partial charge on any atom is 0.274 e. The summed E-state index contributed by atoms with van der Waals surface area (Å²) in [5.74, 6) is -0.414. The lowest BCUT2D eigenvalue weighted by atomic mass is 10.2. The lowest BCUT2D eigenvalue weighted by Crippen LogP contribution is -2.24. The molecule has 0 fully saturated rings. The highest BCUT2D eigenvalue weighted by Crippen LogP contribution is 2.17. The first kappa shape index (κ1) is 13.5. The van der Waals surface area contributed by atoms with Crippen molar-refractivity contribution in [2.24, 2.45) is 0 Å². The lowest BCUT2D eigenvalue weighted by molar-refractivity contribution is -0.385. The Balaban J connectivity index is 2.07. The Labute approximate surface area is 114 Å². The highest BCUT2D eigenvalue weighted by molar-refractivity contribution is 5.92. The Bertz CT molecular complexity index is 640. The van der Waals surface area contributed by atoms with Crippen LogP contribution in [0.3, 0.4) is 0 Å². The molecule has 102 valence electrons. The monoisotopic (exact) mass is 272 g/mol. The molecule has 2 aromatic rings. The molecular weight excluding hydrogens is 260 g/mol. The van der Waals surface area contributed by atoms with Crippen molar-refractivity contribution in [3.8, 4) is 0 Å². The predicted octanol–water partition coefficient (Wildman–Crippen LogP) is 1.50. The predicted molar refractivity (Wildman–Crippen MR) is 72.9 cm³/mol. The topological polar surface area (TPSA) is 111 Å². The van der Waals surface area contributed by atoms with Crippen molar-refractivity contribution >= 4 is 17.3 Å². The maximum atomic E-state index is 11.8. The molecule has 1 heterocycles. The maximum absolute atomic E-state index is 11.8. The molecule has 0 radical (unpaired) electrons. The number of hydrogen-bond acceptors (Lipinski definition) is 5. The molecule has 2 rings (SSSR count). The summed E-state index contributed by atoms with van der Waals surface area (Å²) in [4.78, 5) is 26.1. The third-order valence-corrected chi connectivity index (χ3v) is 2.65. The Morgan fingerprint density at radius 3 is 2.70 bits per heavy atom. The number of nitrogens with two attached hydrogens (primary N) is 1. The average molecular weight is 272 g/mol. The molecule has 0 aliphatic carbocycles. The number of nitrogens with zero attached hydrogens (tertiary/aromatic N) is 2. The van der Waals surface area contributed by atoms with E-state index >= 15 is 0 Å². The number of rotatable bonds is 4. The number of carbonyl (C=O) groups excluding carboxylic acids is 1. The third kappa shape index (κ3) is 3.08. The second-order valence-electron chi connectivity index (χ2n) is 4.05. The Kier molecular flexibility index (Phi) is 3.90. The van der Waals surface area contributed by atoms with Gasteiger partial charge in [-0.2, -0.15) is 0 Å². The van der Waals surface area contributed by atoms with Crippen LogP contribution < -0.4 is 11.1 Å². The van der Waals surface area contributed by atoms with E-state index in [-0.39, 0.29) is 17.9 Å². The van der Waals surface area contributed by atoms with Crippen molar-refractivity contribution in [3.05, 3.63) is 64.0 Å². The lowest BCUT2D eigenvalue weighted by Gasteiger charge is -2.05. The van der Waals surface area contributed by atoms with Gasteiger partial charge < -0.3 is 11.1 Å². The van der Waals surface area contributed by atoms with Crippen molar-refractivity contribution in [3.63, 3.8) is 0 Å². The molecule has 3 N–H and O–H groups in total. The number of hydrogen-bond donors (Lipinski definition) is 2. The van der Waals surface area contributed by atoms with E-state index in [2.05, 4.69) is 10.3 Å². The minimum Gasteiger partial charge on any atom is -0.397 e. The molecule has 0 aliphatic rings. The second kappa shape index (κ2) is 5.79. The first-order valence-electron chi connectivity index (χ1n) is 5.80. The number of nitro groups is 1. The number of nitro benzene ring substituents is 1. The van der Waals surface area contributed by atoms with Crippen molar-refractivity contribution in [2.45, 2.75) is 6.54 Å². The highest BCUT2D eigenvalue weighted by atomic mass is 16.6. The first-order chi connectivity index (χ1) is 9.58. The van der Waals surface area contributed by atoms with Gasteiger partial charge in [-0.05, 0) is 12.1 Å². The van der Waals surface area contributed by atoms with Crippen LogP contribution in [0.15, 0.2) is 42.6 Å². The van der Waals surface area contributed by atoms with Crippen LogP contribution in [-0.2, 0) is 6.54 Å². The largest absolute Gasteiger partial charge is 0.397 e. The number of carbonyl (C=O) groups is 1. The summed E-state index contributed by atoms with van der Waals surface area (Å²) in [5.41, 5.74) is 6.54. The molecule has 1 amide bonds. The molecule has 0 aliphatic heterocycles. The highest BCUT2D eigenvalue weighted by Gasteiger charge is 2.13. The van der Waals surface area contributed by atoms with Gasteiger partial charge in [0, 0.05) is 18.2 Å². The van der Waals surface area contributed by atoms with Gasteiger partial charge in [0.15, 0.2) is 0 Å². The molecule has 0 bridgehead atoms. The fraction of sp³-hybridized carbons (Fsp3) is 0.0769. The van der Waals surface area contributed by atoms with E-state index in [0.29, 0.717) is 11.3 Å². The number of nitrogens with one attached hydrogen (secondary N) is 1. The van der Waals surface area contributed by atoms with Gasteiger partial charge in [0.25, 0.3) is 11.6 Å². The van der Waals surface area contributed by atoms with Gasteiger partial charge in [0.1, 0.15) is 5.69 Å². The number of para-hydroxylation sites is 1. The summed E-state index contributed by atoms with van der Waals surface area (Å²) in [6.07, 6.45) is 1.37. The van der Waals surface area contributed by atoms with E-state index in [1.54, 1.807) is 24.3 Å². The third-order valence-electron chi connectivity index (χ3n) is 2.65. The second-order valence-corrected chi connectivity index (χ2v) is 4.05. The molecule has 0 saturated heterocycles. The van der Waals surface area contributed by atoms with E-state index in [0.717, 1.165) is 0 Å². The van der Waals surface area contributed by atoms with Crippen LogP contribution in [0.1, 0.15) is 16.1 Å². The van der Waals surface area contributed by atoms with Gasteiger partial charge >= 0.3 is 0 Å². The molecule has 0 unspecified atom stereocenters. The molecule has 7 nitrogen and oxygen atoms in total. The minimum atomic E-state index is -0.483. The van der Waals surface area contributed by atoms with Crippen molar-refractivity contribution in [2.75, 3.05) is 5.73 Å². The zero-order valence-corrected chi connectivity index (χ0v) is 10.4. The molecule has 20 heavy (non-hydrogen) atoms. The van der Waals surface area contributed by atoms with Gasteiger partial charge in [-0.1, -0.05) is 18.2 Å². The fourth-order valence-electron chi connectivity index (χ4n) is 1.64. The van der Waals surface area contributed by atoms with Gasteiger partial charge in [-0.15, -0.1) is 0 Å². The van der Waals surface area contributed by atoms with Crippen LogP contribution in [0.25, 0.3) is 0 Å². The number of anilines is 1. The standard InChI is InChI=1S/C13H12N4O3/c14-10-5-6-11(15-8-10)13(18)16-7-9-3-1-2-4-12(9)17(19)20/h1-6,8H,7,14H2,(H,16,18). The van der Waals surface area contributed by atoms with Crippen LogP contribution in [-0.4, -0.2) is 15.8 Å². The molecule has 1 aromatic carbocycles. The van der Waals surface area contributed by atoms with E-state index < -0.39 is 10.8 Å². The van der Waals surface area contributed by atoms with E-state index in [1.807, 2.05) is 0 Å². The van der Waals surface area contributed by atoms with Gasteiger partial charge in [-0.3, -0.25) is 14.9 Å². The molecule has 0 saturated carbocycles. The first-order valence-corrected chi connectivity index (χ1v) is 5.80. The van der Waals surface area contributed by atoms with Crippen molar-refractivity contribution in [1.82, 2.24) is 10.3 Å². The number of amides is 1. The Hall–Kier alpha value is -2.96. The summed E-state index contributed by atoms with van der Waals surface area (Å²) in [6.45, 7) is 0.0576. The van der Waals surface area contributed by atoms with Crippen LogP contribution in [0.4, 0.5) is 11.4 Å². The van der Waals surface area contributed by atoms with Crippen molar-refractivity contribution < 1.29 is 9.72 Å². The summed E-state index contributed by atoms with van der Waals surface area (Å²) >= 11 is 0. The number of pyridine rings is 1. The number of nitrogen functional groups attached to an aromatic ring is 1. The Morgan fingerprint density at radius 2 is 2.05 bits per heavy atom. The van der Waals surface area contributed by atoms with Crippen LogP contribution in [0.5, 0.6) is 0 Å². The number of benzene rings is 1. The quantitative estimate of drug-likeness (QED) is 0.647. The smallest absolute Gasteiger partial charge is 0.274 e. The fourth-order valence-corrected chi connectivity index (χ4v) is 1.64. The summed E-state index contributed by atoms with van der Waals surface area (Å²) in [5, 5.41) is 13.4. The van der Waals surface area contributed by atoms with Gasteiger partial charge in [-0.25, -0.2) is 4.98 Å². The van der Waals surface area contributed by atoms with Crippen LogP contribution in [0, 0.1) is 10.1 Å². The summed E-state index contributed by atoms with van der Waals surface area (Å²) < 4.78 is 0. The molecule has 7 heteroatoms. The molecule has 0 spiro atoms. The van der Waals surface area contributed by atoms with Crippen LogP contribution >= 0.6 is 0 Å².